The molecule has 74 valence electrons. The van der Waals surface area contributed by atoms with E-state index in [4.69, 9.17) is 4.42 Å². The first-order chi connectivity index (χ1) is 7.36. The molecule has 1 aliphatic rings. The average molecular weight is 261 g/mol. The highest BCUT2D eigenvalue weighted by Gasteiger charge is 2.14. The molecule has 0 radical (unpaired) electrons. The molecule has 15 heavy (non-hydrogen) atoms. The summed E-state index contributed by atoms with van der Waals surface area (Å²) in [4.78, 5) is 0. The Hall–Kier alpha value is -1.28. The van der Waals surface area contributed by atoms with E-state index in [1.807, 2.05) is 18.2 Å². The summed E-state index contributed by atoms with van der Waals surface area (Å²) in [5, 5.41) is 1.18. The first-order valence-electron chi connectivity index (χ1n) is 4.90. The summed E-state index contributed by atoms with van der Waals surface area (Å²) >= 11 is 3.54. The van der Waals surface area contributed by atoms with Gasteiger partial charge in [-0.3, -0.25) is 0 Å². The van der Waals surface area contributed by atoms with Crippen LogP contribution in [0.3, 0.4) is 0 Å². The van der Waals surface area contributed by atoms with Crippen molar-refractivity contribution in [2.75, 3.05) is 0 Å². The third-order valence-electron chi connectivity index (χ3n) is 2.57. The molecule has 1 aromatic heterocycles. The van der Waals surface area contributed by atoms with Crippen molar-refractivity contribution in [1.29, 1.82) is 0 Å². The van der Waals surface area contributed by atoms with Crippen molar-refractivity contribution in [3.05, 3.63) is 47.7 Å². The van der Waals surface area contributed by atoms with Gasteiger partial charge in [-0.2, -0.15) is 0 Å². The van der Waals surface area contributed by atoms with Gasteiger partial charge >= 0.3 is 0 Å². The maximum atomic E-state index is 5.82. The van der Waals surface area contributed by atoms with Gasteiger partial charge in [0.25, 0.3) is 0 Å². The molecule has 1 heterocycles. The predicted octanol–water partition coefficient (Wildman–Crippen LogP) is 4.59. The predicted molar refractivity (Wildman–Crippen MR) is 66.8 cm³/mol. The highest BCUT2D eigenvalue weighted by Crippen LogP contribution is 2.36. The van der Waals surface area contributed by atoms with Gasteiger partial charge in [0.05, 0.1) is 4.48 Å². The summed E-state index contributed by atoms with van der Waals surface area (Å²) in [7, 11) is 0. The molecule has 1 nitrogen and oxygen atoms in total. The zero-order chi connectivity index (χ0) is 10.3. The fourth-order valence-electron chi connectivity index (χ4n) is 1.86. The first-order valence-corrected chi connectivity index (χ1v) is 5.69. The lowest BCUT2D eigenvalue weighted by molar-refractivity contribution is 0.602. The van der Waals surface area contributed by atoms with Crippen molar-refractivity contribution < 1.29 is 4.42 Å². The highest BCUT2D eigenvalue weighted by atomic mass is 79.9. The van der Waals surface area contributed by atoms with Gasteiger partial charge in [0.2, 0.25) is 0 Å². The molecule has 0 spiro atoms. The topological polar surface area (TPSA) is 13.1 Å². The monoisotopic (exact) mass is 260 g/mol. The van der Waals surface area contributed by atoms with Gasteiger partial charge in [0, 0.05) is 10.9 Å². The van der Waals surface area contributed by atoms with Crippen LogP contribution >= 0.6 is 15.9 Å². The normalized spacial score (nSPS) is 14.9. The number of para-hydroxylation sites is 1. The zero-order valence-corrected chi connectivity index (χ0v) is 9.62. The fourth-order valence-corrected chi connectivity index (χ4v) is 2.34. The van der Waals surface area contributed by atoms with Crippen molar-refractivity contribution in [1.82, 2.24) is 0 Å². The summed E-state index contributed by atoms with van der Waals surface area (Å²) in [5.41, 5.74) is 2.12. The number of rotatable bonds is 0. The Labute approximate surface area is 96.2 Å². The number of allylic oxidation sites excluding steroid dienone is 2. The van der Waals surface area contributed by atoms with Gasteiger partial charge in [0.15, 0.2) is 0 Å². The molecular formula is C13H9BrO. The molecule has 0 bridgehead atoms. The molecule has 0 N–H and O–H groups in total. The molecule has 1 aliphatic carbocycles. The Kier molecular flexibility index (Phi) is 2.03. The van der Waals surface area contributed by atoms with Crippen molar-refractivity contribution >= 4 is 37.5 Å². The van der Waals surface area contributed by atoms with E-state index in [1.54, 1.807) is 0 Å². The molecule has 2 aromatic rings. The largest absolute Gasteiger partial charge is 0.455 e. The maximum Gasteiger partial charge on any atom is 0.149 e. The number of halogens is 1. The molecule has 0 amide bonds. The number of furan rings is 1. The summed E-state index contributed by atoms with van der Waals surface area (Å²) < 4.78 is 6.86. The molecule has 0 aliphatic heterocycles. The van der Waals surface area contributed by atoms with Crippen molar-refractivity contribution in [3.8, 4) is 0 Å². The summed E-state index contributed by atoms with van der Waals surface area (Å²) in [6.45, 7) is 0. The van der Waals surface area contributed by atoms with E-state index >= 15 is 0 Å². The van der Waals surface area contributed by atoms with E-state index in [0.29, 0.717) is 0 Å². The van der Waals surface area contributed by atoms with Crippen LogP contribution in [0.1, 0.15) is 17.7 Å². The molecule has 0 fully saturated rings. The minimum absolute atomic E-state index is 0.935. The number of hydrogen-bond donors (Lipinski definition) is 0. The molecule has 2 heteroatoms. The molecule has 0 atom stereocenters. The lowest BCUT2D eigenvalue weighted by Gasteiger charge is -1.93. The van der Waals surface area contributed by atoms with E-state index in [9.17, 15) is 0 Å². The SMILES string of the molecule is BrC1=CCC=Cc2c1oc1ccccc21. The first kappa shape index (κ1) is 8.98. The van der Waals surface area contributed by atoms with Gasteiger partial charge < -0.3 is 4.42 Å². The standard InChI is InChI=1S/C13H9BrO/c14-11-7-3-1-6-10-9-5-2-4-8-12(9)15-13(10)11/h1-2,4-8H,3H2. The van der Waals surface area contributed by atoms with E-state index in [2.05, 4.69) is 40.2 Å². The van der Waals surface area contributed by atoms with E-state index in [-0.39, 0.29) is 0 Å². The van der Waals surface area contributed by atoms with Crippen LogP contribution in [-0.2, 0) is 0 Å². The van der Waals surface area contributed by atoms with Crippen LogP contribution in [0.15, 0.2) is 40.8 Å². The van der Waals surface area contributed by atoms with Crippen LogP contribution in [0, 0.1) is 0 Å². The van der Waals surface area contributed by atoms with Crippen LogP contribution in [-0.4, -0.2) is 0 Å². The highest BCUT2D eigenvalue weighted by molar-refractivity contribution is 9.15. The number of hydrogen-bond acceptors (Lipinski definition) is 1. The Balaban J connectivity index is 2.41. The van der Waals surface area contributed by atoms with Crippen molar-refractivity contribution in [2.24, 2.45) is 0 Å². The third kappa shape index (κ3) is 1.37. The fraction of sp³-hybridized carbons (Fsp3) is 0.0769. The zero-order valence-electron chi connectivity index (χ0n) is 8.03. The Morgan fingerprint density at radius 2 is 2.07 bits per heavy atom. The van der Waals surface area contributed by atoms with Crippen LogP contribution < -0.4 is 0 Å². The third-order valence-corrected chi connectivity index (χ3v) is 3.25. The summed E-state index contributed by atoms with van der Waals surface area (Å²) in [6.07, 6.45) is 7.34. The summed E-state index contributed by atoms with van der Waals surface area (Å²) in [6, 6.07) is 8.12. The average Bonchev–Trinajstić information content (AvgIpc) is 2.54. The van der Waals surface area contributed by atoms with E-state index in [0.717, 1.165) is 22.2 Å². The van der Waals surface area contributed by atoms with E-state index < -0.39 is 0 Å². The molecule has 0 saturated heterocycles. The lowest BCUT2D eigenvalue weighted by atomic mass is 10.1. The Morgan fingerprint density at radius 1 is 1.20 bits per heavy atom. The Morgan fingerprint density at radius 3 is 3.00 bits per heavy atom. The van der Waals surface area contributed by atoms with Crippen molar-refractivity contribution in [2.45, 2.75) is 6.42 Å². The molecular weight excluding hydrogens is 252 g/mol. The quantitative estimate of drug-likeness (QED) is 0.676. The smallest absolute Gasteiger partial charge is 0.149 e. The van der Waals surface area contributed by atoms with Crippen molar-refractivity contribution in [3.63, 3.8) is 0 Å². The van der Waals surface area contributed by atoms with Gasteiger partial charge in [-0.25, -0.2) is 0 Å². The minimum atomic E-state index is 0.935. The van der Waals surface area contributed by atoms with Gasteiger partial charge in [-0.15, -0.1) is 0 Å². The minimum Gasteiger partial charge on any atom is -0.455 e. The second-order valence-corrected chi connectivity index (χ2v) is 4.39. The molecule has 3 rings (SSSR count). The number of fused-ring (bicyclic) bond motifs is 3. The van der Waals surface area contributed by atoms with Crippen LogP contribution in [0.5, 0.6) is 0 Å². The lowest BCUT2D eigenvalue weighted by Crippen LogP contribution is -1.74. The van der Waals surface area contributed by atoms with Gasteiger partial charge in [0.1, 0.15) is 11.3 Å². The van der Waals surface area contributed by atoms with Crippen LogP contribution in [0.4, 0.5) is 0 Å². The molecule has 0 unspecified atom stereocenters. The van der Waals surface area contributed by atoms with E-state index in [1.165, 1.54) is 10.9 Å². The molecule has 0 saturated carbocycles. The Bertz CT molecular complexity index is 575. The maximum absolute atomic E-state index is 5.82. The van der Waals surface area contributed by atoms with Crippen LogP contribution in [0.2, 0.25) is 0 Å². The second kappa shape index (κ2) is 3.38. The summed E-state index contributed by atoms with van der Waals surface area (Å²) in [5.74, 6) is 0.935. The van der Waals surface area contributed by atoms with Gasteiger partial charge in [-0.05, 0) is 28.4 Å². The number of benzene rings is 1. The van der Waals surface area contributed by atoms with Crippen LogP contribution in [0.25, 0.3) is 21.5 Å². The van der Waals surface area contributed by atoms with Gasteiger partial charge in [-0.1, -0.05) is 36.4 Å². The second-order valence-electron chi connectivity index (χ2n) is 3.53. The molecule has 1 aromatic carbocycles.